The van der Waals surface area contributed by atoms with Gasteiger partial charge in [-0.25, -0.2) is 5.48 Å². The van der Waals surface area contributed by atoms with Gasteiger partial charge in [-0.3, -0.25) is 9.63 Å². The van der Waals surface area contributed by atoms with E-state index in [-0.39, 0.29) is 12.0 Å². The second kappa shape index (κ2) is 5.08. The lowest BCUT2D eigenvalue weighted by atomic mass is 10.1. The Hall–Kier alpha value is -1.39. The average Bonchev–Trinajstić information content (AvgIpc) is 3.05. The molecule has 0 aromatic heterocycles. The summed E-state index contributed by atoms with van der Waals surface area (Å²) in [4.78, 5) is 17.3. The summed E-state index contributed by atoms with van der Waals surface area (Å²) in [5.74, 6) is -0.170. The minimum atomic E-state index is -0.170. The monoisotopic (exact) mass is 247 g/mol. The predicted molar refractivity (Wildman–Crippen MR) is 65.7 cm³/mol. The normalized spacial score (nSPS) is 18.9. The third-order valence-electron chi connectivity index (χ3n) is 3.60. The van der Waals surface area contributed by atoms with Crippen LogP contribution in [0.3, 0.4) is 0 Å². The maximum atomic E-state index is 11.9. The summed E-state index contributed by atoms with van der Waals surface area (Å²) in [6, 6.07) is 5.66. The van der Waals surface area contributed by atoms with Crippen LogP contribution < -0.4 is 5.48 Å². The Balaban J connectivity index is 1.61. The molecule has 0 saturated heterocycles. The molecule has 2 aliphatic rings. The van der Waals surface area contributed by atoms with Crippen molar-refractivity contribution in [1.29, 1.82) is 0 Å². The van der Waals surface area contributed by atoms with Crippen molar-refractivity contribution >= 4 is 5.91 Å². The molecule has 1 aliphatic heterocycles. The Kier molecular flexibility index (Phi) is 3.30. The standard InChI is InChI=1S/C14H17NO3/c16-14(15-18-13-3-1-2-4-13)10-5-6-11-8-17-9-12(11)7-10/h5-7,13H,1-4,8-9H2,(H,15,16). The first-order valence-electron chi connectivity index (χ1n) is 6.48. The number of hydrogen-bond donors (Lipinski definition) is 1. The molecule has 18 heavy (non-hydrogen) atoms. The van der Waals surface area contributed by atoms with E-state index in [1.54, 1.807) is 0 Å². The maximum absolute atomic E-state index is 11.9. The summed E-state index contributed by atoms with van der Waals surface area (Å²) in [6.45, 7) is 1.25. The van der Waals surface area contributed by atoms with Gasteiger partial charge >= 0.3 is 0 Å². The van der Waals surface area contributed by atoms with Crippen LogP contribution in [0.4, 0.5) is 0 Å². The lowest BCUT2D eigenvalue weighted by molar-refractivity contribution is -0.0124. The molecule has 1 amide bonds. The Morgan fingerprint density at radius 3 is 2.83 bits per heavy atom. The van der Waals surface area contributed by atoms with Crippen LogP contribution in [0, 0.1) is 0 Å². The Bertz CT molecular complexity index is 452. The summed E-state index contributed by atoms with van der Waals surface area (Å²) >= 11 is 0. The summed E-state index contributed by atoms with van der Waals surface area (Å²) in [5, 5.41) is 0. The highest BCUT2D eigenvalue weighted by Crippen LogP contribution is 2.22. The Labute approximate surface area is 106 Å². The van der Waals surface area contributed by atoms with Crippen LogP contribution in [0.1, 0.15) is 47.2 Å². The number of benzene rings is 1. The molecule has 4 heteroatoms. The SMILES string of the molecule is O=C(NOC1CCCC1)c1ccc2c(c1)COC2. The number of fused-ring (bicyclic) bond motifs is 1. The van der Waals surface area contributed by atoms with Crippen molar-refractivity contribution in [2.75, 3.05) is 0 Å². The highest BCUT2D eigenvalue weighted by atomic mass is 16.7. The van der Waals surface area contributed by atoms with E-state index in [0.29, 0.717) is 18.8 Å². The molecular formula is C14H17NO3. The lowest BCUT2D eigenvalue weighted by Gasteiger charge is -2.11. The van der Waals surface area contributed by atoms with E-state index < -0.39 is 0 Å². The van der Waals surface area contributed by atoms with Gasteiger partial charge in [0.25, 0.3) is 5.91 Å². The largest absolute Gasteiger partial charge is 0.372 e. The van der Waals surface area contributed by atoms with Gasteiger partial charge in [-0.15, -0.1) is 0 Å². The molecule has 0 unspecified atom stereocenters. The molecule has 0 spiro atoms. The quantitative estimate of drug-likeness (QED) is 0.834. The van der Waals surface area contributed by atoms with Gasteiger partial charge in [0, 0.05) is 5.56 Å². The van der Waals surface area contributed by atoms with Crippen molar-refractivity contribution in [3.8, 4) is 0 Å². The fraction of sp³-hybridized carbons (Fsp3) is 0.500. The van der Waals surface area contributed by atoms with E-state index in [1.165, 1.54) is 18.4 Å². The molecule has 1 aromatic rings. The van der Waals surface area contributed by atoms with Crippen LogP contribution in [0.15, 0.2) is 18.2 Å². The number of nitrogens with one attached hydrogen (secondary N) is 1. The van der Waals surface area contributed by atoms with Gasteiger partial charge in [-0.2, -0.15) is 0 Å². The smallest absolute Gasteiger partial charge is 0.274 e. The van der Waals surface area contributed by atoms with Crippen LogP contribution in [0.2, 0.25) is 0 Å². The van der Waals surface area contributed by atoms with Crippen LogP contribution in [0.25, 0.3) is 0 Å². The van der Waals surface area contributed by atoms with Crippen molar-refractivity contribution in [3.05, 3.63) is 34.9 Å². The molecule has 0 bridgehead atoms. The zero-order valence-electron chi connectivity index (χ0n) is 10.3. The molecule has 1 aliphatic carbocycles. The summed E-state index contributed by atoms with van der Waals surface area (Å²) in [5.41, 5.74) is 5.46. The van der Waals surface area contributed by atoms with Crippen molar-refractivity contribution < 1.29 is 14.4 Å². The fourth-order valence-corrected chi connectivity index (χ4v) is 2.52. The van der Waals surface area contributed by atoms with Crippen LogP contribution in [-0.4, -0.2) is 12.0 Å². The first-order chi connectivity index (χ1) is 8.83. The number of carbonyl (C=O) groups excluding carboxylic acids is 1. The Morgan fingerprint density at radius 1 is 1.22 bits per heavy atom. The van der Waals surface area contributed by atoms with Gasteiger partial charge in [0.2, 0.25) is 0 Å². The zero-order valence-corrected chi connectivity index (χ0v) is 10.3. The first-order valence-corrected chi connectivity index (χ1v) is 6.48. The summed E-state index contributed by atoms with van der Waals surface area (Å²) < 4.78 is 5.33. The number of hydroxylamine groups is 1. The lowest BCUT2D eigenvalue weighted by Crippen LogP contribution is -2.28. The molecule has 0 radical (unpaired) electrons. The molecule has 1 N–H and O–H groups in total. The third-order valence-corrected chi connectivity index (χ3v) is 3.60. The van der Waals surface area contributed by atoms with Crippen molar-refractivity contribution in [2.45, 2.75) is 45.0 Å². The average molecular weight is 247 g/mol. The topological polar surface area (TPSA) is 47.6 Å². The number of hydrogen-bond acceptors (Lipinski definition) is 3. The second-order valence-electron chi connectivity index (χ2n) is 4.93. The van der Waals surface area contributed by atoms with Gasteiger partial charge in [0.15, 0.2) is 0 Å². The molecule has 1 aromatic carbocycles. The molecule has 0 atom stereocenters. The Morgan fingerprint density at radius 2 is 2.00 bits per heavy atom. The van der Waals surface area contributed by atoms with E-state index >= 15 is 0 Å². The molecule has 1 heterocycles. The minimum absolute atomic E-state index is 0.170. The van der Waals surface area contributed by atoms with Gasteiger partial charge in [-0.05, 0) is 36.1 Å². The second-order valence-corrected chi connectivity index (χ2v) is 4.93. The molecule has 4 nitrogen and oxygen atoms in total. The maximum Gasteiger partial charge on any atom is 0.274 e. The van der Waals surface area contributed by atoms with E-state index in [4.69, 9.17) is 9.57 Å². The highest BCUT2D eigenvalue weighted by molar-refractivity contribution is 5.93. The minimum Gasteiger partial charge on any atom is -0.372 e. The van der Waals surface area contributed by atoms with E-state index in [9.17, 15) is 4.79 Å². The third kappa shape index (κ3) is 2.40. The number of amides is 1. The molecule has 3 rings (SSSR count). The number of rotatable bonds is 3. The molecule has 1 fully saturated rings. The van der Waals surface area contributed by atoms with Crippen molar-refractivity contribution in [3.63, 3.8) is 0 Å². The van der Waals surface area contributed by atoms with Crippen LogP contribution in [-0.2, 0) is 22.8 Å². The predicted octanol–water partition coefficient (Wildman–Crippen LogP) is 2.32. The van der Waals surface area contributed by atoms with E-state index in [0.717, 1.165) is 18.4 Å². The van der Waals surface area contributed by atoms with Crippen LogP contribution in [0.5, 0.6) is 0 Å². The molecule has 96 valence electrons. The molecule has 1 saturated carbocycles. The number of carbonyl (C=O) groups is 1. The highest BCUT2D eigenvalue weighted by Gasteiger charge is 2.18. The summed E-state index contributed by atoms with van der Waals surface area (Å²) in [7, 11) is 0. The fourth-order valence-electron chi connectivity index (χ4n) is 2.52. The van der Waals surface area contributed by atoms with E-state index in [2.05, 4.69) is 5.48 Å². The molecular weight excluding hydrogens is 230 g/mol. The van der Waals surface area contributed by atoms with Gasteiger partial charge in [0.05, 0.1) is 19.3 Å². The first kappa shape index (κ1) is 11.7. The number of ether oxygens (including phenoxy) is 1. The summed E-state index contributed by atoms with van der Waals surface area (Å²) in [6.07, 6.45) is 4.65. The van der Waals surface area contributed by atoms with Crippen LogP contribution >= 0.6 is 0 Å². The van der Waals surface area contributed by atoms with Gasteiger partial charge in [-0.1, -0.05) is 18.9 Å². The van der Waals surface area contributed by atoms with Gasteiger partial charge in [0.1, 0.15) is 0 Å². The van der Waals surface area contributed by atoms with Crippen molar-refractivity contribution in [1.82, 2.24) is 5.48 Å². The zero-order chi connectivity index (χ0) is 12.4. The van der Waals surface area contributed by atoms with Crippen molar-refractivity contribution in [2.24, 2.45) is 0 Å². The van der Waals surface area contributed by atoms with Gasteiger partial charge < -0.3 is 4.74 Å². The van der Waals surface area contributed by atoms with E-state index in [1.807, 2.05) is 18.2 Å².